The number of hydrogen-bond donors (Lipinski definition) is 0. The van der Waals surface area contributed by atoms with Crippen LogP contribution in [0.4, 0.5) is 0 Å². The molecule has 5 fully saturated rings. The average molecular weight is 385 g/mol. The summed E-state index contributed by atoms with van der Waals surface area (Å²) in [5, 5.41) is 0. The fraction of sp³-hybridized carbons (Fsp3) is 0.926. The zero-order chi connectivity index (χ0) is 19.9. The summed E-state index contributed by atoms with van der Waals surface area (Å²) in [5.41, 5.74) is 3.22. The van der Waals surface area contributed by atoms with Crippen molar-refractivity contribution in [2.45, 2.75) is 98.5 Å². The van der Waals surface area contributed by atoms with E-state index in [0.29, 0.717) is 22.3 Å². The second kappa shape index (κ2) is 6.35. The van der Waals surface area contributed by atoms with Crippen molar-refractivity contribution in [1.82, 2.24) is 0 Å². The molecule has 0 aromatic carbocycles. The molecule has 0 saturated heterocycles. The molecular formula is C27H44O. The first-order valence-electron chi connectivity index (χ1n) is 12.4. The summed E-state index contributed by atoms with van der Waals surface area (Å²) >= 11 is 0. The summed E-state index contributed by atoms with van der Waals surface area (Å²) in [6, 6.07) is 0. The molecule has 0 aromatic heterocycles. The standard InChI is InChI=1S/C27H44O/c1-17(2)7-8-18(3)21-9-10-22-20-15-24(28-6)27-16-19(27)11-14-26(27,5)23(20)12-13-25(21,22)4/h7,18-24H,8-16H2,1-6H3/t18-,19-,20+,21-,22+,23+,24-,25-,26-,27+/m1/s1. The minimum absolute atomic E-state index is 0.552. The zero-order valence-electron chi connectivity index (χ0n) is 19.4. The molecule has 5 aliphatic carbocycles. The highest BCUT2D eigenvalue weighted by molar-refractivity contribution is 5.26. The van der Waals surface area contributed by atoms with Gasteiger partial charge in [-0.25, -0.2) is 0 Å². The van der Waals surface area contributed by atoms with Crippen molar-refractivity contribution in [3.8, 4) is 0 Å². The Kier molecular flexibility index (Phi) is 4.46. The summed E-state index contributed by atoms with van der Waals surface area (Å²) in [6.07, 6.45) is 16.1. The first kappa shape index (κ1) is 19.7. The Morgan fingerprint density at radius 3 is 2.54 bits per heavy atom. The lowest BCUT2D eigenvalue weighted by molar-refractivity contribution is -0.161. The van der Waals surface area contributed by atoms with Crippen molar-refractivity contribution in [2.24, 2.45) is 51.8 Å². The summed E-state index contributed by atoms with van der Waals surface area (Å²) in [7, 11) is 2.02. The first-order valence-corrected chi connectivity index (χ1v) is 12.4. The van der Waals surface area contributed by atoms with E-state index in [1.807, 2.05) is 7.11 Å². The highest BCUT2D eigenvalue weighted by Gasteiger charge is 2.77. The van der Waals surface area contributed by atoms with Crippen LogP contribution in [-0.2, 0) is 4.74 Å². The van der Waals surface area contributed by atoms with Crippen LogP contribution in [0.1, 0.15) is 92.4 Å². The van der Waals surface area contributed by atoms with E-state index in [0.717, 1.165) is 35.5 Å². The summed E-state index contributed by atoms with van der Waals surface area (Å²) in [6.45, 7) is 12.5. The molecule has 0 aromatic rings. The number of hydrogen-bond acceptors (Lipinski definition) is 1. The Hall–Kier alpha value is -0.300. The van der Waals surface area contributed by atoms with E-state index in [4.69, 9.17) is 4.74 Å². The highest BCUT2D eigenvalue weighted by Crippen LogP contribution is 2.82. The van der Waals surface area contributed by atoms with E-state index >= 15 is 0 Å². The predicted octanol–water partition coefficient (Wildman–Crippen LogP) is 7.26. The van der Waals surface area contributed by atoms with E-state index in [1.54, 1.807) is 0 Å². The van der Waals surface area contributed by atoms with Gasteiger partial charge >= 0.3 is 0 Å². The smallest absolute Gasteiger partial charge is 0.0638 e. The van der Waals surface area contributed by atoms with Gasteiger partial charge in [-0.2, -0.15) is 0 Å². The van der Waals surface area contributed by atoms with Crippen molar-refractivity contribution in [3.63, 3.8) is 0 Å². The maximum Gasteiger partial charge on any atom is 0.0638 e. The molecule has 0 bridgehead atoms. The molecule has 0 heterocycles. The van der Waals surface area contributed by atoms with E-state index in [-0.39, 0.29) is 0 Å². The summed E-state index contributed by atoms with van der Waals surface area (Å²) in [4.78, 5) is 0. The van der Waals surface area contributed by atoms with Crippen molar-refractivity contribution < 1.29 is 4.74 Å². The van der Waals surface area contributed by atoms with Gasteiger partial charge in [0.15, 0.2) is 0 Å². The maximum absolute atomic E-state index is 6.28. The molecule has 1 nitrogen and oxygen atoms in total. The minimum atomic E-state index is 0.552. The Bertz CT molecular complexity index is 661. The average Bonchev–Trinajstić information content (AvgIpc) is 3.16. The Labute approximate surface area is 174 Å². The van der Waals surface area contributed by atoms with Gasteiger partial charge in [0.2, 0.25) is 0 Å². The molecule has 5 aliphatic rings. The maximum atomic E-state index is 6.28. The SMILES string of the molecule is CO[C@@H]1C[C@H]2[C@@H]3CC[C@H]([C@H](C)CC=C(C)C)[C@@]3(C)CC[C@@H]2[C@@]2(C)CC[C@@H]3C[C@]312. The minimum Gasteiger partial charge on any atom is -0.381 e. The molecule has 5 saturated carbocycles. The molecular weight excluding hydrogens is 340 g/mol. The second-order valence-corrected chi connectivity index (χ2v) is 12.5. The lowest BCUT2D eigenvalue weighted by atomic mass is 9.45. The fourth-order valence-corrected chi connectivity index (χ4v) is 10.1. The van der Waals surface area contributed by atoms with E-state index in [2.05, 4.69) is 40.7 Å². The van der Waals surface area contributed by atoms with E-state index in [9.17, 15) is 0 Å². The number of allylic oxidation sites excluding steroid dienone is 2. The van der Waals surface area contributed by atoms with Crippen LogP contribution >= 0.6 is 0 Å². The summed E-state index contributed by atoms with van der Waals surface area (Å²) in [5.74, 6) is 5.63. The Morgan fingerprint density at radius 2 is 1.86 bits per heavy atom. The number of methoxy groups -OCH3 is 1. The van der Waals surface area contributed by atoms with E-state index in [1.165, 1.54) is 63.4 Å². The van der Waals surface area contributed by atoms with Crippen molar-refractivity contribution in [3.05, 3.63) is 11.6 Å². The van der Waals surface area contributed by atoms with Crippen LogP contribution in [0.2, 0.25) is 0 Å². The number of rotatable bonds is 4. The van der Waals surface area contributed by atoms with Crippen molar-refractivity contribution in [1.29, 1.82) is 0 Å². The van der Waals surface area contributed by atoms with Crippen LogP contribution in [0.3, 0.4) is 0 Å². The van der Waals surface area contributed by atoms with Crippen LogP contribution in [0.25, 0.3) is 0 Å². The molecule has 10 atom stereocenters. The number of fused-ring (bicyclic) bond motifs is 4. The van der Waals surface area contributed by atoms with Crippen LogP contribution in [-0.4, -0.2) is 13.2 Å². The van der Waals surface area contributed by atoms with Gasteiger partial charge in [-0.05, 0) is 118 Å². The lowest BCUT2D eigenvalue weighted by Gasteiger charge is -2.61. The van der Waals surface area contributed by atoms with Gasteiger partial charge in [0.05, 0.1) is 6.10 Å². The molecule has 5 rings (SSSR count). The molecule has 1 heteroatoms. The van der Waals surface area contributed by atoms with Gasteiger partial charge in [-0.1, -0.05) is 32.4 Å². The molecule has 0 radical (unpaired) electrons. The first-order chi connectivity index (χ1) is 13.3. The highest BCUT2D eigenvalue weighted by atomic mass is 16.5. The van der Waals surface area contributed by atoms with Crippen molar-refractivity contribution in [2.75, 3.05) is 7.11 Å². The second-order valence-electron chi connectivity index (χ2n) is 12.5. The van der Waals surface area contributed by atoms with Crippen molar-refractivity contribution >= 4 is 0 Å². The van der Waals surface area contributed by atoms with Crippen LogP contribution < -0.4 is 0 Å². The largest absolute Gasteiger partial charge is 0.381 e. The molecule has 0 N–H and O–H groups in total. The van der Waals surface area contributed by atoms with Gasteiger partial charge < -0.3 is 4.74 Å². The Balaban J connectivity index is 1.42. The van der Waals surface area contributed by atoms with Crippen LogP contribution in [0.15, 0.2) is 11.6 Å². The van der Waals surface area contributed by atoms with Crippen LogP contribution in [0.5, 0.6) is 0 Å². The topological polar surface area (TPSA) is 9.23 Å². The Morgan fingerprint density at radius 1 is 1.07 bits per heavy atom. The molecule has 0 amide bonds. The quantitative estimate of drug-likeness (QED) is 0.463. The lowest BCUT2D eigenvalue weighted by Crippen LogP contribution is -2.57. The van der Waals surface area contributed by atoms with Gasteiger partial charge in [-0.3, -0.25) is 0 Å². The summed E-state index contributed by atoms with van der Waals surface area (Å²) < 4.78 is 6.28. The third-order valence-electron chi connectivity index (χ3n) is 11.5. The monoisotopic (exact) mass is 384 g/mol. The third kappa shape index (κ3) is 2.35. The van der Waals surface area contributed by atoms with E-state index < -0.39 is 0 Å². The van der Waals surface area contributed by atoms with Gasteiger partial charge in [0.25, 0.3) is 0 Å². The predicted molar refractivity (Wildman–Crippen MR) is 117 cm³/mol. The zero-order valence-corrected chi connectivity index (χ0v) is 19.4. The molecule has 158 valence electrons. The number of ether oxygens (including phenoxy) is 1. The molecule has 0 unspecified atom stereocenters. The normalized spacial score (nSPS) is 54.9. The fourth-order valence-electron chi connectivity index (χ4n) is 10.1. The van der Waals surface area contributed by atoms with Gasteiger partial charge in [-0.15, -0.1) is 0 Å². The van der Waals surface area contributed by atoms with Gasteiger partial charge in [0, 0.05) is 12.5 Å². The molecule has 28 heavy (non-hydrogen) atoms. The third-order valence-corrected chi connectivity index (χ3v) is 11.5. The molecule has 0 aliphatic heterocycles. The molecule has 1 spiro atoms. The van der Waals surface area contributed by atoms with Crippen LogP contribution in [0, 0.1) is 51.8 Å². The van der Waals surface area contributed by atoms with Gasteiger partial charge in [0.1, 0.15) is 0 Å².